The Kier molecular flexibility index (Phi) is 3.15. The molecule has 0 radical (unpaired) electrons. The van der Waals surface area contributed by atoms with Gasteiger partial charge in [0.05, 0.1) is 17.4 Å². The van der Waals surface area contributed by atoms with E-state index in [4.69, 9.17) is 5.26 Å². The van der Waals surface area contributed by atoms with Gasteiger partial charge in [0.1, 0.15) is 0 Å². The van der Waals surface area contributed by atoms with E-state index in [1.54, 1.807) is 12.1 Å². The fraction of sp³-hybridized carbons (Fsp3) is 0.364. The number of benzene rings is 1. The number of aryl methyl sites for hydroxylation is 2. The molecule has 3 nitrogen and oxygen atoms in total. The first-order valence-electron chi connectivity index (χ1n) is 4.53. The summed E-state index contributed by atoms with van der Waals surface area (Å²) < 4.78 is 23.0. The Morgan fingerprint density at radius 3 is 2.27 bits per heavy atom. The molecule has 0 aromatic heterocycles. The summed E-state index contributed by atoms with van der Waals surface area (Å²) in [5.74, 6) is 0. The maximum atomic E-state index is 11.5. The molecule has 4 heteroatoms. The van der Waals surface area contributed by atoms with Crippen molar-refractivity contribution in [2.75, 3.05) is 6.26 Å². The van der Waals surface area contributed by atoms with Crippen molar-refractivity contribution in [3.8, 4) is 6.07 Å². The largest absolute Gasteiger partial charge is 0.224 e. The molecule has 0 aliphatic heterocycles. The molecule has 0 unspecified atom stereocenters. The molecule has 0 aliphatic rings. The van der Waals surface area contributed by atoms with Crippen LogP contribution in [-0.2, 0) is 16.3 Å². The molecular formula is C11H13NO2S. The predicted octanol–water partition coefficient (Wildman–Crippen LogP) is 1.77. The molecule has 0 aliphatic carbocycles. The summed E-state index contributed by atoms with van der Waals surface area (Å²) in [7, 11) is -3.25. The third-order valence-electron chi connectivity index (χ3n) is 2.35. The van der Waals surface area contributed by atoms with Crippen LogP contribution in [-0.4, -0.2) is 14.7 Å². The first-order chi connectivity index (χ1) is 6.86. The van der Waals surface area contributed by atoms with Crippen LogP contribution >= 0.6 is 0 Å². The molecule has 0 fully saturated rings. The SMILES string of the molecule is Cc1cc(CC#N)c(S(C)(=O)=O)cc1C. The Morgan fingerprint density at radius 1 is 1.27 bits per heavy atom. The Balaban J connectivity index is 3.50. The predicted molar refractivity (Wildman–Crippen MR) is 58.3 cm³/mol. The molecule has 0 atom stereocenters. The van der Waals surface area contributed by atoms with Crippen molar-refractivity contribution in [3.63, 3.8) is 0 Å². The first kappa shape index (κ1) is 11.7. The second-order valence-electron chi connectivity index (χ2n) is 3.65. The average molecular weight is 223 g/mol. The van der Waals surface area contributed by atoms with Gasteiger partial charge < -0.3 is 0 Å². The van der Waals surface area contributed by atoms with E-state index in [0.29, 0.717) is 5.56 Å². The molecule has 0 amide bonds. The number of hydrogen-bond donors (Lipinski definition) is 0. The molecule has 80 valence electrons. The van der Waals surface area contributed by atoms with Gasteiger partial charge in [-0.3, -0.25) is 0 Å². The topological polar surface area (TPSA) is 57.9 Å². The third kappa shape index (κ3) is 2.57. The maximum absolute atomic E-state index is 11.5. The lowest BCUT2D eigenvalue weighted by molar-refractivity contribution is 0.601. The second-order valence-corrected chi connectivity index (χ2v) is 5.64. The quantitative estimate of drug-likeness (QED) is 0.767. The van der Waals surface area contributed by atoms with Crippen LogP contribution in [0.2, 0.25) is 0 Å². The van der Waals surface area contributed by atoms with Crippen LogP contribution in [0, 0.1) is 25.2 Å². The number of nitriles is 1. The lowest BCUT2D eigenvalue weighted by Gasteiger charge is -2.08. The van der Waals surface area contributed by atoms with E-state index in [9.17, 15) is 8.42 Å². The van der Waals surface area contributed by atoms with Crippen molar-refractivity contribution >= 4 is 9.84 Å². The van der Waals surface area contributed by atoms with Crippen molar-refractivity contribution in [2.24, 2.45) is 0 Å². The summed E-state index contributed by atoms with van der Waals surface area (Å²) in [4.78, 5) is 0.271. The van der Waals surface area contributed by atoms with Crippen molar-refractivity contribution in [2.45, 2.75) is 25.2 Å². The molecule has 15 heavy (non-hydrogen) atoms. The van der Waals surface area contributed by atoms with Crippen LogP contribution in [0.5, 0.6) is 0 Å². The molecular weight excluding hydrogens is 210 g/mol. The van der Waals surface area contributed by atoms with Crippen LogP contribution in [0.25, 0.3) is 0 Å². The number of rotatable bonds is 2. The van der Waals surface area contributed by atoms with Crippen LogP contribution in [0.3, 0.4) is 0 Å². The molecule has 0 spiro atoms. The van der Waals surface area contributed by atoms with Gasteiger partial charge in [0.2, 0.25) is 0 Å². The Bertz CT molecular complexity index is 524. The second kappa shape index (κ2) is 4.03. The zero-order valence-corrected chi connectivity index (χ0v) is 9.85. The minimum atomic E-state index is -3.25. The van der Waals surface area contributed by atoms with E-state index < -0.39 is 9.84 Å². The van der Waals surface area contributed by atoms with Gasteiger partial charge >= 0.3 is 0 Å². The zero-order valence-electron chi connectivity index (χ0n) is 9.03. The fourth-order valence-corrected chi connectivity index (χ4v) is 2.42. The summed E-state index contributed by atoms with van der Waals surface area (Å²) in [6, 6.07) is 5.39. The average Bonchev–Trinajstić information content (AvgIpc) is 2.09. The summed E-state index contributed by atoms with van der Waals surface area (Å²) in [5, 5.41) is 8.63. The minimum Gasteiger partial charge on any atom is -0.224 e. The van der Waals surface area contributed by atoms with Crippen molar-refractivity contribution < 1.29 is 8.42 Å². The molecule has 0 saturated carbocycles. The van der Waals surface area contributed by atoms with Gasteiger partial charge in [0.25, 0.3) is 0 Å². The molecule has 0 bridgehead atoms. The van der Waals surface area contributed by atoms with E-state index in [1.165, 1.54) is 0 Å². The van der Waals surface area contributed by atoms with Crippen LogP contribution in [0.15, 0.2) is 17.0 Å². The van der Waals surface area contributed by atoms with E-state index in [2.05, 4.69) is 0 Å². The van der Waals surface area contributed by atoms with Gasteiger partial charge in [0, 0.05) is 6.26 Å². The Hall–Kier alpha value is -1.34. The molecule has 0 saturated heterocycles. The summed E-state index contributed by atoms with van der Waals surface area (Å²) in [6.45, 7) is 3.77. The highest BCUT2D eigenvalue weighted by Crippen LogP contribution is 2.21. The normalized spacial score (nSPS) is 11.1. The van der Waals surface area contributed by atoms with Gasteiger partial charge in [-0.25, -0.2) is 8.42 Å². The molecule has 1 aromatic rings. The third-order valence-corrected chi connectivity index (χ3v) is 3.52. The van der Waals surface area contributed by atoms with E-state index in [1.807, 2.05) is 19.9 Å². The lowest BCUT2D eigenvalue weighted by Crippen LogP contribution is -2.03. The summed E-state index contributed by atoms with van der Waals surface area (Å²) in [6.07, 6.45) is 1.29. The highest BCUT2D eigenvalue weighted by molar-refractivity contribution is 7.90. The maximum Gasteiger partial charge on any atom is 0.175 e. The van der Waals surface area contributed by atoms with Gasteiger partial charge in [-0.15, -0.1) is 0 Å². The van der Waals surface area contributed by atoms with Crippen LogP contribution in [0.4, 0.5) is 0 Å². The Labute approximate surface area is 90.3 Å². The summed E-state index contributed by atoms with van der Waals surface area (Å²) >= 11 is 0. The van der Waals surface area contributed by atoms with Crippen molar-refractivity contribution in [1.82, 2.24) is 0 Å². The van der Waals surface area contributed by atoms with Crippen molar-refractivity contribution in [1.29, 1.82) is 5.26 Å². The number of sulfone groups is 1. The first-order valence-corrected chi connectivity index (χ1v) is 6.42. The number of hydrogen-bond acceptors (Lipinski definition) is 3. The van der Waals surface area contributed by atoms with Gasteiger partial charge in [-0.1, -0.05) is 6.07 Å². The number of nitrogens with zero attached hydrogens (tertiary/aromatic N) is 1. The monoisotopic (exact) mass is 223 g/mol. The van der Waals surface area contributed by atoms with Crippen LogP contribution < -0.4 is 0 Å². The molecule has 0 N–H and O–H groups in total. The summed E-state index contributed by atoms with van der Waals surface area (Å²) in [5.41, 5.74) is 2.52. The molecule has 1 aromatic carbocycles. The van der Waals surface area contributed by atoms with Gasteiger partial charge in [-0.2, -0.15) is 5.26 Å². The van der Waals surface area contributed by atoms with E-state index in [-0.39, 0.29) is 11.3 Å². The minimum absolute atomic E-state index is 0.128. The highest BCUT2D eigenvalue weighted by atomic mass is 32.2. The van der Waals surface area contributed by atoms with Gasteiger partial charge in [-0.05, 0) is 36.6 Å². The zero-order chi connectivity index (χ0) is 11.6. The lowest BCUT2D eigenvalue weighted by atomic mass is 10.0. The molecule has 1 rings (SSSR count). The van der Waals surface area contributed by atoms with E-state index in [0.717, 1.165) is 17.4 Å². The fourth-order valence-electron chi connectivity index (χ4n) is 1.42. The van der Waals surface area contributed by atoms with E-state index >= 15 is 0 Å². The van der Waals surface area contributed by atoms with Gasteiger partial charge in [0.15, 0.2) is 9.84 Å². The van der Waals surface area contributed by atoms with Crippen molar-refractivity contribution in [3.05, 3.63) is 28.8 Å². The van der Waals surface area contributed by atoms with Crippen LogP contribution in [0.1, 0.15) is 16.7 Å². The standard InChI is InChI=1S/C11H13NO2S/c1-8-6-10(4-5-12)11(7-9(8)2)15(3,13)14/h6-7H,4H2,1-3H3. The highest BCUT2D eigenvalue weighted by Gasteiger charge is 2.14. The molecule has 0 heterocycles. The smallest absolute Gasteiger partial charge is 0.175 e. The Morgan fingerprint density at radius 2 is 1.80 bits per heavy atom.